The molecular formula is C18H16N4O2. The first-order chi connectivity index (χ1) is 11.8. The predicted octanol–water partition coefficient (Wildman–Crippen LogP) is 2.78. The molecule has 1 saturated carbocycles. The van der Waals surface area contributed by atoms with Gasteiger partial charge in [0.05, 0.1) is 11.1 Å². The Kier molecular flexibility index (Phi) is 2.92. The zero-order valence-corrected chi connectivity index (χ0v) is 13.1. The summed E-state index contributed by atoms with van der Waals surface area (Å²) in [6, 6.07) is 6.00. The molecule has 0 aliphatic heterocycles. The van der Waals surface area contributed by atoms with Crippen molar-refractivity contribution >= 4 is 0 Å². The standard InChI is InChI=1S/C18H16N4O2/c23-18-14(4-2-8-22(18)13-6-7-13)16-20-17(24-21-16)12-9-11-3-1-5-15(11)19-10-12/h2,4,8-10,13H,1,3,5-7H2. The van der Waals surface area contributed by atoms with E-state index in [1.165, 1.54) is 5.56 Å². The van der Waals surface area contributed by atoms with Crippen molar-refractivity contribution < 1.29 is 4.52 Å². The van der Waals surface area contributed by atoms with Crippen LogP contribution in [0.2, 0.25) is 0 Å². The van der Waals surface area contributed by atoms with E-state index in [9.17, 15) is 4.79 Å². The van der Waals surface area contributed by atoms with Gasteiger partial charge < -0.3 is 9.09 Å². The van der Waals surface area contributed by atoms with Crippen LogP contribution in [0.4, 0.5) is 0 Å². The van der Waals surface area contributed by atoms with E-state index >= 15 is 0 Å². The van der Waals surface area contributed by atoms with E-state index < -0.39 is 0 Å². The van der Waals surface area contributed by atoms with E-state index in [-0.39, 0.29) is 5.56 Å². The maximum absolute atomic E-state index is 12.6. The number of fused-ring (bicyclic) bond motifs is 1. The fraction of sp³-hybridized carbons (Fsp3) is 0.333. The zero-order valence-electron chi connectivity index (χ0n) is 13.1. The van der Waals surface area contributed by atoms with E-state index in [4.69, 9.17) is 4.52 Å². The molecule has 0 spiro atoms. The molecule has 0 aromatic carbocycles. The van der Waals surface area contributed by atoms with Gasteiger partial charge in [-0.15, -0.1) is 0 Å². The third kappa shape index (κ3) is 2.18. The van der Waals surface area contributed by atoms with Crippen LogP contribution >= 0.6 is 0 Å². The first-order valence-corrected chi connectivity index (χ1v) is 8.33. The van der Waals surface area contributed by atoms with Crippen LogP contribution in [0.15, 0.2) is 39.9 Å². The highest BCUT2D eigenvalue weighted by atomic mass is 16.5. The van der Waals surface area contributed by atoms with Crippen LogP contribution < -0.4 is 5.56 Å². The van der Waals surface area contributed by atoms with E-state index in [2.05, 4.69) is 21.2 Å². The van der Waals surface area contributed by atoms with Crippen molar-refractivity contribution in [1.82, 2.24) is 19.7 Å². The summed E-state index contributed by atoms with van der Waals surface area (Å²) in [7, 11) is 0. The summed E-state index contributed by atoms with van der Waals surface area (Å²) in [6.45, 7) is 0. The van der Waals surface area contributed by atoms with Crippen LogP contribution in [0.3, 0.4) is 0 Å². The second-order valence-electron chi connectivity index (χ2n) is 6.47. The highest BCUT2D eigenvalue weighted by Crippen LogP contribution is 2.33. The minimum absolute atomic E-state index is 0.0561. The van der Waals surface area contributed by atoms with Gasteiger partial charge in [0.1, 0.15) is 0 Å². The molecular weight excluding hydrogens is 304 g/mol. The monoisotopic (exact) mass is 320 g/mol. The molecule has 24 heavy (non-hydrogen) atoms. The molecule has 5 rings (SSSR count). The molecule has 3 heterocycles. The molecule has 0 bridgehead atoms. The summed E-state index contributed by atoms with van der Waals surface area (Å²) >= 11 is 0. The number of pyridine rings is 2. The molecule has 2 aliphatic carbocycles. The van der Waals surface area contributed by atoms with Crippen molar-refractivity contribution in [1.29, 1.82) is 0 Å². The lowest BCUT2D eigenvalue weighted by Gasteiger charge is -2.03. The van der Waals surface area contributed by atoms with Gasteiger partial charge in [0.25, 0.3) is 11.4 Å². The lowest BCUT2D eigenvalue weighted by atomic mass is 10.1. The average Bonchev–Trinajstić information content (AvgIpc) is 3.14. The quantitative estimate of drug-likeness (QED) is 0.742. The maximum atomic E-state index is 12.6. The largest absolute Gasteiger partial charge is 0.334 e. The molecule has 2 aliphatic rings. The van der Waals surface area contributed by atoms with Gasteiger partial charge in [-0.25, -0.2) is 0 Å². The van der Waals surface area contributed by atoms with Crippen LogP contribution in [-0.2, 0) is 12.8 Å². The van der Waals surface area contributed by atoms with Crippen LogP contribution in [0.1, 0.15) is 36.6 Å². The van der Waals surface area contributed by atoms with Gasteiger partial charge in [-0.3, -0.25) is 9.78 Å². The van der Waals surface area contributed by atoms with E-state index in [0.29, 0.717) is 23.3 Å². The van der Waals surface area contributed by atoms with E-state index in [1.54, 1.807) is 16.8 Å². The smallest absolute Gasteiger partial charge is 0.262 e. The van der Waals surface area contributed by atoms with Crippen molar-refractivity contribution in [3.8, 4) is 22.8 Å². The Hall–Kier alpha value is -2.76. The van der Waals surface area contributed by atoms with Gasteiger partial charge in [0.15, 0.2) is 0 Å². The first-order valence-electron chi connectivity index (χ1n) is 8.33. The van der Waals surface area contributed by atoms with Gasteiger partial charge in [0, 0.05) is 24.1 Å². The van der Waals surface area contributed by atoms with Gasteiger partial charge in [0.2, 0.25) is 5.82 Å². The third-order valence-electron chi connectivity index (χ3n) is 4.75. The Labute approximate surface area is 138 Å². The highest BCUT2D eigenvalue weighted by Gasteiger charge is 2.26. The second-order valence-corrected chi connectivity index (χ2v) is 6.47. The molecule has 0 unspecified atom stereocenters. The van der Waals surface area contributed by atoms with Crippen LogP contribution in [0.25, 0.3) is 22.8 Å². The van der Waals surface area contributed by atoms with Gasteiger partial charge in [-0.05, 0) is 55.9 Å². The molecule has 0 radical (unpaired) electrons. The Morgan fingerprint density at radius 1 is 1.25 bits per heavy atom. The molecule has 0 atom stereocenters. The minimum atomic E-state index is -0.0561. The van der Waals surface area contributed by atoms with Crippen molar-refractivity contribution in [2.75, 3.05) is 0 Å². The normalized spacial score (nSPS) is 16.3. The maximum Gasteiger partial charge on any atom is 0.262 e. The molecule has 3 aromatic heterocycles. The van der Waals surface area contributed by atoms with Gasteiger partial charge >= 0.3 is 0 Å². The zero-order chi connectivity index (χ0) is 16.1. The number of hydrogen-bond acceptors (Lipinski definition) is 5. The van der Waals surface area contributed by atoms with Crippen molar-refractivity contribution in [2.24, 2.45) is 0 Å². The Bertz CT molecular complexity index is 985. The fourth-order valence-corrected chi connectivity index (χ4v) is 3.31. The molecule has 0 saturated heterocycles. The Morgan fingerprint density at radius 2 is 2.17 bits per heavy atom. The van der Waals surface area contributed by atoms with E-state index in [1.807, 2.05) is 12.3 Å². The summed E-state index contributed by atoms with van der Waals surface area (Å²) in [5.41, 5.74) is 3.65. The molecule has 6 heteroatoms. The third-order valence-corrected chi connectivity index (χ3v) is 4.75. The number of nitrogens with zero attached hydrogens (tertiary/aromatic N) is 4. The summed E-state index contributed by atoms with van der Waals surface area (Å²) in [4.78, 5) is 21.5. The number of aryl methyl sites for hydroxylation is 2. The molecule has 0 amide bonds. The SMILES string of the molecule is O=c1c(-c2noc(-c3cnc4c(c3)CCC4)n2)cccn1C1CC1. The molecule has 0 N–H and O–H groups in total. The average molecular weight is 320 g/mol. The molecule has 3 aromatic rings. The Balaban J connectivity index is 1.54. The predicted molar refractivity (Wildman–Crippen MR) is 87.5 cm³/mol. The number of rotatable bonds is 3. The number of hydrogen-bond donors (Lipinski definition) is 0. The lowest BCUT2D eigenvalue weighted by molar-refractivity contribution is 0.432. The van der Waals surface area contributed by atoms with Gasteiger partial charge in [-0.2, -0.15) is 4.98 Å². The summed E-state index contributed by atoms with van der Waals surface area (Å²) < 4.78 is 7.15. The van der Waals surface area contributed by atoms with Crippen LogP contribution in [0.5, 0.6) is 0 Å². The van der Waals surface area contributed by atoms with E-state index in [0.717, 1.165) is 43.4 Å². The minimum Gasteiger partial charge on any atom is -0.334 e. The summed E-state index contributed by atoms with van der Waals surface area (Å²) in [5.74, 6) is 0.749. The van der Waals surface area contributed by atoms with Gasteiger partial charge in [-0.1, -0.05) is 5.16 Å². The summed E-state index contributed by atoms with van der Waals surface area (Å²) in [6.07, 6.45) is 8.94. The fourth-order valence-electron chi connectivity index (χ4n) is 3.31. The van der Waals surface area contributed by atoms with Crippen LogP contribution in [-0.4, -0.2) is 19.7 Å². The molecule has 1 fully saturated rings. The Morgan fingerprint density at radius 3 is 3.04 bits per heavy atom. The summed E-state index contributed by atoms with van der Waals surface area (Å²) in [5, 5.41) is 4.01. The van der Waals surface area contributed by atoms with Crippen molar-refractivity contribution in [3.05, 3.63) is 52.2 Å². The second kappa shape index (κ2) is 5.12. The first kappa shape index (κ1) is 13.7. The van der Waals surface area contributed by atoms with Crippen molar-refractivity contribution in [2.45, 2.75) is 38.1 Å². The topological polar surface area (TPSA) is 73.8 Å². The molecule has 6 nitrogen and oxygen atoms in total. The van der Waals surface area contributed by atoms with Crippen LogP contribution in [0, 0.1) is 0 Å². The van der Waals surface area contributed by atoms with Crippen molar-refractivity contribution in [3.63, 3.8) is 0 Å². The number of aromatic nitrogens is 4. The molecule has 120 valence electrons. The lowest BCUT2D eigenvalue weighted by Crippen LogP contribution is -2.20. The highest BCUT2D eigenvalue weighted by molar-refractivity contribution is 5.59.